The number of carbonyl (C=O) groups excluding carboxylic acids is 2. The van der Waals surface area contributed by atoms with Gasteiger partial charge >= 0.3 is 0 Å². The molecule has 1 heterocycles. The van der Waals surface area contributed by atoms with Crippen LogP contribution in [-0.4, -0.2) is 22.6 Å². The molecule has 1 saturated heterocycles. The van der Waals surface area contributed by atoms with E-state index >= 15 is 0 Å². The van der Waals surface area contributed by atoms with E-state index in [1.54, 1.807) is 18.2 Å². The average Bonchev–Trinajstić information content (AvgIpc) is 2.82. The number of anilines is 1. The van der Waals surface area contributed by atoms with Crippen molar-refractivity contribution >= 4 is 34.7 Å². The number of rotatable bonds is 4. The van der Waals surface area contributed by atoms with Crippen LogP contribution in [0.4, 0.5) is 10.5 Å². The normalized spacial score (nSPS) is 16.3. The Bertz CT molecular complexity index is 754. The van der Waals surface area contributed by atoms with E-state index in [4.69, 9.17) is 5.73 Å². The van der Waals surface area contributed by atoms with Crippen molar-refractivity contribution in [2.45, 2.75) is 6.42 Å². The van der Waals surface area contributed by atoms with E-state index in [1.807, 2.05) is 42.5 Å². The van der Waals surface area contributed by atoms with E-state index < -0.39 is 0 Å². The quantitative estimate of drug-likeness (QED) is 0.690. The van der Waals surface area contributed by atoms with Crippen LogP contribution < -0.4 is 5.73 Å². The average molecular weight is 324 g/mol. The van der Waals surface area contributed by atoms with Crippen LogP contribution in [0.2, 0.25) is 0 Å². The Hall–Kier alpha value is -2.53. The maximum atomic E-state index is 12.4. The van der Waals surface area contributed by atoms with Gasteiger partial charge in [0.1, 0.15) is 0 Å². The Morgan fingerprint density at radius 3 is 2.39 bits per heavy atom. The number of thioether (sulfide) groups is 1. The fourth-order valence-electron chi connectivity index (χ4n) is 2.32. The van der Waals surface area contributed by atoms with E-state index in [2.05, 4.69) is 0 Å². The molecule has 2 amide bonds. The maximum Gasteiger partial charge on any atom is 0.293 e. The first kappa shape index (κ1) is 15.4. The molecule has 2 aromatic rings. The van der Waals surface area contributed by atoms with Crippen molar-refractivity contribution in [2.75, 3.05) is 12.3 Å². The molecular formula is C18H16N2O2S. The molecule has 0 unspecified atom stereocenters. The van der Waals surface area contributed by atoms with Crippen molar-refractivity contribution in [2.24, 2.45) is 0 Å². The van der Waals surface area contributed by atoms with Gasteiger partial charge in [0.15, 0.2) is 0 Å². The van der Waals surface area contributed by atoms with Gasteiger partial charge in [0.05, 0.1) is 4.91 Å². The number of hydrogen-bond donors (Lipinski definition) is 1. The molecule has 0 radical (unpaired) electrons. The van der Waals surface area contributed by atoms with Crippen molar-refractivity contribution in [3.8, 4) is 0 Å². The first-order valence-corrected chi connectivity index (χ1v) is 8.10. The van der Waals surface area contributed by atoms with Crippen molar-refractivity contribution in [1.82, 2.24) is 4.90 Å². The van der Waals surface area contributed by atoms with Crippen molar-refractivity contribution < 1.29 is 9.59 Å². The highest BCUT2D eigenvalue weighted by Gasteiger charge is 2.34. The van der Waals surface area contributed by atoms with Gasteiger partial charge in [0.2, 0.25) is 0 Å². The molecular weight excluding hydrogens is 308 g/mol. The monoisotopic (exact) mass is 324 g/mol. The highest BCUT2D eigenvalue weighted by Crippen LogP contribution is 2.32. The lowest BCUT2D eigenvalue weighted by Crippen LogP contribution is -2.30. The van der Waals surface area contributed by atoms with Crippen LogP contribution in [0, 0.1) is 0 Å². The van der Waals surface area contributed by atoms with Crippen LogP contribution in [0.25, 0.3) is 6.08 Å². The molecule has 1 fully saturated rings. The van der Waals surface area contributed by atoms with E-state index in [0.29, 0.717) is 23.6 Å². The second-order valence-corrected chi connectivity index (χ2v) is 6.23. The molecule has 23 heavy (non-hydrogen) atoms. The van der Waals surface area contributed by atoms with E-state index in [0.717, 1.165) is 22.9 Å². The highest BCUT2D eigenvalue weighted by atomic mass is 32.2. The third-order valence-corrected chi connectivity index (χ3v) is 4.48. The van der Waals surface area contributed by atoms with Crippen LogP contribution in [0.5, 0.6) is 0 Å². The molecule has 1 aliphatic rings. The lowest BCUT2D eigenvalue weighted by atomic mass is 10.1. The number of nitrogens with zero attached hydrogens (tertiary/aromatic N) is 1. The van der Waals surface area contributed by atoms with E-state index in [1.165, 1.54) is 4.90 Å². The summed E-state index contributed by atoms with van der Waals surface area (Å²) >= 11 is 0.983. The fourth-order valence-corrected chi connectivity index (χ4v) is 3.19. The predicted molar refractivity (Wildman–Crippen MR) is 93.7 cm³/mol. The number of nitrogen functional groups attached to an aromatic ring is 1. The minimum absolute atomic E-state index is 0.215. The van der Waals surface area contributed by atoms with E-state index in [9.17, 15) is 9.59 Å². The summed E-state index contributed by atoms with van der Waals surface area (Å²) in [7, 11) is 0. The van der Waals surface area contributed by atoms with Gasteiger partial charge in [-0.2, -0.15) is 0 Å². The lowest BCUT2D eigenvalue weighted by Gasteiger charge is -2.12. The summed E-state index contributed by atoms with van der Waals surface area (Å²) in [5.74, 6) is -0.229. The minimum atomic E-state index is -0.229. The van der Waals surface area contributed by atoms with Crippen molar-refractivity contribution in [3.05, 3.63) is 70.6 Å². The molecule has 0 aliphatic carbocycles. The zero-order chi connectivity index (χ0) is 16.2. The standard InChI is InChI=1S/C18H16N2O2S/c19-15-8-6-14(7-9-15)12-16-17(21)20(18(22)23-16)11-10-13-4-2-1-3-5-13/h1-9,12H,10-11,19H2/b16-12-. The SMILES string of the molecule is Nc1ccc(/C=C2\SC(=O)N(CCc3ccccc3)C2=O)cc1. The number of imide groups is 1. The molecule has 0 saturated carbocycles. The summed E-state index contributed by atoms with van der Waals surface area (Å²) in [5, 5.41) is -0.215. The third kappa shape index (κ3) is 3.63. The van der Waals surface area contributed by atoms with Gasteiger partial charge in [-0.3, -0.25) is 14.5 Å². The molecule has 2 aromatic carbocycles. The predicted octanol–water partition coefficient (Wildman–Crippen LogP) is 3.55. The molecule has 116 valence electrons. The minimum Gasteiger partial charge on any atom is -0.399 e. The van der Waals surface area contributed by atoms with Gasteiger partial charge in [-0.15, -0.1) is 0 Å². The first-order chi connectivity index (χ1) is 11.1. The first-order valence-electron chi connectivity index (χ1n) is 7.28. The van der Waals surface area contributed by atoms with Crippen LogP contribution in [0.3, 0.4) is 0 Å². The molecule has 2 N–H and O–H groups in total. The largest absolute Gasteiger partial charge is 0.399 e. The van der Waals surface area contributed by atoms with Gasteiger partial charge in [-0.05, 0) is 47.5 Å². The molecule has 0 bridgehead atoms. The van der Waals surface area contributed by atoms with Crippen molar-refractivity contribution in [1.29, 1.82) is 0 Å². The molecule has 0 aromatic heterocycles. The fraction of sp³-hybridized carbons (Fsp3) is 0.111. The maximum absolute atomic E-state index is 12.4. The number of amides is 2. The molecule has 0 atom stereocenters. The summed E-state index contributed by atoms with van der Waals surface area (Å²) < 4.78 is 0. The molecule has 0 spiro atoms. The lowest BCUT2D eigenvalue weighted by molar-refractivity contribution is -0.122. The van der Waals surface area contributed by atoms with Crippen molar-refractivity contribution in [3.63, 3.8) is 0 Å². The van der Waals surface area contributed by atoms with Gasteiger partial charge in [-0.25, -0.2) is 0 Å². The Balaban J connectivity index is 1.71. The second-order valence-electron chi connectivity index (χ2n) is 5.24. The summed E-state index contributed by atoms with van der Waals surface area (Å²) in [4.78, 5) is 26.2. The van der Waals surface area contributed by atoms with Crippen LogP contribution in [0.1, 0.15) is 11.1 Å². The Labute approximate surface area is 139 Å². The van der Waals surface area contributed by atoms with Gasteiger partial charge < -0.3 is 5.73 Å². The van der Waals surface area contributed by atoms with Gasteiger partial charge in [0.25, 0.3) is 11.1 Å². The number of benzene rings is 2. The topological polar surface area (TPSA) is 63.4 Å². The third-order valence-electron chi connectivity index (χ3n) is 3.57. The molecule has 4 nitrogen and oxygen atoms in total. The Morgan fingerprint density at radius 2 is 1.70 bits per heavy atom. The summed E-state index contributed by atoms with van der Waals surface area (Å²) in [6.07, 6.45) is 2.39. The number of carbonyl (C=O) groups is 2. The van der Waals surface area contributed by atoms with E-state index in [-0.39, 0.29) is 11.1 Å². The van der Waals surface area contributed by atoms with Crippen LogP contribution >= 0.6 is 11.8 Å². The Morgan fingerprint density at radius 1 is 1.00 bits per heavy atom. The van der Waals surface area contributed by atoms with Crippen LogP contribution in [0.15, 0.2) is 59.5 Å². The van der Waals surface area contributed by atoms with Crippen LogP contribution in [-0.2, 0) is 11.2 Å². The second kappa shape index (κ2) is 6.71. The summed E-state index contributed by atoms with van der Waals surface area (Å²) in [5.41, 5.74) is 8.27. The molecule has 5 heteroatoms. The van der Waals surface area contributed by atoms with Gasteiger partial charge in [-0.1, -0.05) is 42.5 Å². The zero-order valence-electron chi connectivity index (χ0n) is 12.4. The zero-order valence-corrected chi connectivity index (χ0v) is 13.3. The number of nitrogens with two attached hydrogens (primary N) is 1. The summed E-state index contributed by atoms with van der Waals surface area (Å²) in [6.45, 7) is 0.397. The highest BCUT2D eigenvalue weighted by molar-refractivity contribution is 8.18. The molecule has 3 rings (SSSR count). The Kier molecular flexibility index (Phi) is 4.48. The molecule has 1 aliphatic heterocycles. The summed E-state index contributed by atoms with van der Waals surface area (Å²) in [6, 6.07) is 17.0. The van der Waals surface area contributed by atoms with Gasteiger partial charge in [0, 0.05) is 12.2 Å². The smallest absolute Gasteiger partial charge is 0.293 e. The number of hydrogen-bond acceptors (Lipinski definition) is 4.